The summed E-state index contributed by atoms with van der Waals surface area (Å²) in [5.74, 6) is 0.227. The third kappa shape index (κ3) is 15.1. The van der Waals surface area contributed by atoms with Gasteiger partial charge in [-0.25, -0.2) is 0 Å². The smallest absolute Gasteiger partial charge is 0.308 e. The van der Waals surface area contributed by atoms with Crippen LogP contribution in [0.1, 0.15) is 107 Å². The van der Waals surface area contributed by atoms with E-state index in [1.165, 1.54) is 51.4 Å². The first-order chi connectivity index (χ1) is 17.9. The quantitative estimate of drug-likeness (QED) is 0.0901. The monoisotopic (exact) mass is 572 g/mol. The summed E-state index contributed by atoms with van der Waals surface area (Å²) in [5, 5.41) is 0. The molecule has 37 heavy (non-hydrogen) atoms. The molecule has 2 aromatic rings. The number of esters is 1. The van der Waals surface area contributed by atoms with Crippen molar-refractivity contribution >= 4 is 27.7 Å². The third-order valence-corrected chi connectivity index (χ3v) is 7.09. The maximum atomic E-state index is 12.5. The Balaban J connectivity index is 1.68. The summed E-state index contributed by atoms with van der Waals surface area (Å²) in [6.45, 7) is 4.82. The van der Waals surface area contributed by atoms with Gasteiger partial charge in [0.1, 0.15) is 0 Å². The third-order valence-electron chi connectivity index (χ3n) is 6.56. The van der Waals surface area contributed by atoms with E-state index in [0.29, 0.717) is 12.2 Å². The van der Waals surface area contributed by atoms with Gasteiger partial charge >= 0.3 is 5.97 Å². The van der Waals surface area contributed by atoms with Crippen LogP contribution in [0.5, 0.6) is 0 Å². The number of rotatable bonds is 20. The molecule has 0 aromatic heterocycles. The number of ketones is 1. The van der Waals surface area contributed by atoms with Crippen LogP contribution in [0.15, 0.2) is 59.1 Å². The molecule has 0 amide bonds. The van der Waals surface area contributed by atoms with E-state index in [0.717, 1.165) is 35.2 Å². The fraction of sp³-hybridized carbons (Fsp3) is 0.562. The zero-order valence-electron chi connectivity index (χ0n) is 22.8. The van der Waals surface area contributed by atoms with Gasteiger partial charge in [0, 0.05) is 10.0 Å². The van der Waals surface area contributed by atoms with Gasteiger partial charge in [0.2, 0.25) is 0 Å². The van der Waals surface area contributed by atoms with E-state index in [-0.39, 0.29) is 30.9 Å². The number of hydrogen-bond acceptors (Lipinski definition) is 4. The van der Waals surface area contributed by atoms with Crippen LogP contribution in [-0.4, -0.2) is 24.5 Å². The number of ether oxygens (including phenoxy) is 2. The van der Waals surface area contributed by atoms with Gasteiger partial charge in [-0.15, -0.1) is 0 Å². The van der Waals surface area contributed by atoms with E-state index in [1.807, 2.05) is 30.3 Å². The molecule has 4 nitrogen and oxygen atoms in total. The number of carbonyl (C=O) groups excluding carboxylic acids is 2. The van der Waals surface area contributed by atoms with E-state index < -0.39 is 0 Å². The molecule has 0 saturated carbocycles. The highest BCUT2D eigenvalue weighted by Crippen LogP contribution is 2.17. The topological polar surface area (TPSA) is 52.6 Å². The molecule has 5 heteroatoms. The first kappa shape index (κ1) is 31.2. The Labute approximate surface area is 232 Å². The number of benzene rings is 2. The molecular weight excluding hydrogens is 528 g/mol. The summed E-state index contributed by atoms with van der Waals surface area (Å²) < 4.78 is 12.3. The Kier molecular flexibility index (Phi) is 16.2. The lowest BCUT2D eigenvalue weighted by Gasteiger charge is -2.17. The van der Waals surface area contributed by atoms with Crippen LogP contribution in [0, 0.1) is 5.92 Å². The molecule has 2 aromatic carbocycles. The second-order valence-electron chi connectivity index (χ2n) is 10.4. The lowest BCUT2D eigenvalue weighted by atomic mass is 10.0. The van der Waals surface area contributed by atoms with Crippen molar-refractivity contribution in [3.8, 4) is 0 Å². The van der Waals surface area contributed by atoms with Crippen molar-refractivity contribution in [2.24, 2.45) is 5.92 Å². The van der Waals surface area contributed by atoms with Crippen LogP contribution < -0.4 is 0 Å². The van der Waals surface area contributed by atoms with Crippen LogP contribution >= 0.6 is 15.9 Å². The van der Waals surface area contributed by atoms with Gasteiger partial charge in [0.05, 0.1) is 19.1 Å². The number of halogens is 1. The summed E-state index contributed by atoms with van der Waals surface area (Å²) >= 11 is 3.36. The molecule has 0 N–H and O–H groups in total. The Morgan fingerprint density at radius 1 is 0.757 bits per heavy atom. The van der Waals surface area contributed by atoms with E-state index in [4.69, 9.17) is 9.47 Å². The molecule has 1 atom stereocenters. The van der Waals surface area contributed by atoms with Gasteiger partial charge in [-0.3, -0.25) is 9.59 Å². The van der Waals surface area contributed by atoms with Gasteiger partial charge < -0.3 is 9.47 Å². The van der Waals surface area contributed by atoms with E-state index >= 15 is 0 Å². The lowest BCUT2D eigenvalue weighted by molar-refractivity contribution is -0.146. The summed E-state index contributed by atoms with van der Waals surface area (Å²) in [5.41, 5.74) is 1.61. The molecule has 0 spiro atoms. The van der Waals surface area contributed by atoms with Crippen molar-refractivity contribution in [1.82, 2.24) is 0 Å². The predicted molar refractivity (Wildman–Crippen MR) is 155 cm³/mol. The largest absolute Gasteiger partial charge is 0.457 e. The molecule has 0 aliphatic rings. The zero-order valence-corrected chi connectivity index (χ0v) is 24.3. The molecular formula is C32H45BrO4. The summed E-state index contributed by atoms with van der Waals surface area (Å²) in [4.78, 5) is 24.8. The molecule has 0 saturated heterocycles. The van der Waals surface area contributed by atoms with Crippen molar-refractivity contribution in [2.75, 3.05) is 6.61 Å². The number of hydrogen-bond donors (Lipinski definition) is 0. The van der Waals surface area contributed by atoms with Crippen molar-refractivity contribution < 1.29 is 19.1 Å². The molecule has 0 bridgehead atoms. The van der Waals surface area contributed by atoms with Gasteiger partial charge in [-0.2, -0.15) is 0 Å². The molecule has 204 valence electrons. The van der Waals surface area contributed by atoms with Crippen LogP contribution in [0.25, 0.3) is 0 Å². The Morgan fingerprint density at radius 3 is 1.92 bits per heavy atom. The van der Waals surface area contributed by atoms with Gasteiger partial charge in [0.25, 0.3) is 0 Å². The molecule has 2 rings (SSSR count). The molecule has 0 radical (unpaired) electrons. The summed E-state index contributed by atoms with van der Waals surface area (Å²) in [6.07, 6.45) is 13.5. The average molecular weight is 574 g/mol. The number of Topliss-reactive ketones (excluding diaryl/α,β-unsaturated/α-hetero) is 1. The number of unbranched alkanes of at least 4 members (excludes halogenated alkanes) is 8. The van der Waals surface area contributed by atoms with Crippen LogP contribution in [0.2, 0.25) is 0 Å². The lowest BCUT2D eigenvalue weighted by Crippen LogP contribution is -2.22. The predicted octanol–water partition coefficient (Wildman–Crippen LogP) is 9.10. The van der Waals surface area contributed by atoms with Gasteiger partial charge in [-0.1, -0.05) is 136 Å². The maximum Gasteiger partial charge on any atom is 0.308 e. The highest BCUT2D eigenvalue weighted by molar-refractivity contribution is 9.10. The van der Waals surface area contributed by atoms with E-state index in [1.54, 1.807) is 24.3 Å². The molecule has 0 heterocycles. The fourth-order valence-corrected chi connectivity index (χ4v) is 4.57. The zero-order chi connectivity index (χ0) is 26.7. The van der Waals surface area contributed by atoms with Crippen molar-refractivity contribution in [2.45, 2.75) is 104 Å². The Morgan fingerprint density at radius 2 is 1.32 bits per heavy atom. The first-order valence-corrected chi connectivity index (χ1v) is 14.8. The van der Waals surface area contributed by atoms with Crippen molar-refractivity contribution in [1.29, 1.82) is 0 Å². The highest BCUT2D eigenvalue weighted by Gasteiger charge is 2.17. The summed E-state index contributed by atoms with van der Waals surface area (Å²) in [7, 11) is 0. The normalized spacial score (nSPS) is 12.0. The second-order valence-corrected chi connectivity index (χ2v) is 11.3. The van der Waals surface area contributed by atoms with E-state index in [2.05, 4.69) is 29.8 Å². The SMILES string of the molecule is CC(C)CCCCCCCCCCC[C@H](CC(=O)OCC(=O)c1ccc(Br)cc1)OCc1ccccc1. The minimum absolute atomic E-state index is 0.164. The fourth-order valence-electron chi connectivity index (χ4n) is 4.30. The minimum Gasteiger partial charge on any atom is -0.457 e. The van der Waals surface area contributed by atoms with E-state index in [9.17, 15) is 9.59 Å². The maximum absolute atomic E-state index is 12.5. The minimum atomic E-state index is -0.388. The Bertz CT molecular complexity index is 879. The Hall–Kier alpha value is -1.98. The van der Waals surface area contributed by atoms with Crippen molar-refractivity contribution in [3.05, 3.63) is 70.2 Å². The van der Waals surface area contributed by atoms with Gasteiger partial charge in [-0.05, 0) is 30.0 Å². The van der Waals surface area contributed by atoms with Crippen LogP contribution in [0.3, 0.4) is 0 Å². The summed E-state index contributed by atoms with van der Waals surface area (Å²) in [6, 6.07) is 17.0. The van der Waals surface area contributed by atoms with Crippen LogP contribution in [-0.2, 0) is 20.9 Å². The molecule has 0 unspecified atom stereocenters. The molecule has 0 fully saturated rings. The first-order valence-electron chi connectivity index (χ1n) is 14.0. The average Bonchev–Trinajstić information content (AvgIpc) is 2.89. The standard InChI is InChI=1S/C32H45BrO4/c1-26(2)15-11-8-6-4-3-5-7-9-14-18-30(36-24-27-16-12-10-13-17-27)23-32(35)37-25-31(34)28-19-21-29(33)22-20-28/h10,12-13,16-17,19-22,26,30H,3-9,11,14-15,18,23-25H2,1-2H3/t30-/m1/s1. The van der Waals surface area contributed by atoms with Crippen molar-refractivity contribution in [3.63, 3.8) is 0 Å². The molecule has 0 aliphatic carbocycles. The molecule has 0 aliphatic heterocycles. The van der Waals surface area contributed by atoms with Crippen LogP contribution in [0.4, 0.5) is 0 Å². The second kappa shape index (κ2) is 19.1. The highest BCUT2D eigenvalue weighted by atomic mass is 79.9. The number of carbonyl (C=O) groups is 2. The van der Waals surface area contributed by atoms with Gasteiger partial charge in [0.15, 0.2) is 12.4 Å².